The molecule has 2 heteroatoms. The largest absolute Gasteiger partial charge is 0.120 e. The van der Waals surface area contributed by atoms with E-state index in [9.17, 15) is 0 Å². The summed E-state index contributed by atoms with van der Waals surface area (Å²) < 4.78 is 1.14. The summed E-state index contributed by atoms with van der Waals surface area (Å²) in [5, 5.41) is 0. The quantitative estimate of drug-likeness (QED) is 0.693. The molecule has 0 nitrogen and oxygen atoms in total. The van der Waals surface area contributed by atoms with Gasteiger partial charge in [0.15, 0.2) is 0 Å². The molecule has 0 bridgehead atoms. The Kier molecular flexibility index (Phi) is 3.19. The lowest BCUT2D eigenvalue weighted by Crippen LogP contribution is -2.14. The number of alkyl halides is 1. The monoisotopic (exact) mass is 246 g/mol. The first kappa shape index (κ1) is 10.1. The van der Waals surface area contributed by atoms with Crippen LogP contribution in [0.2, 0.25) is 0 Å². The summed E-state index contributed by atoms with van der Waals surface area (Å²) in [5.74, 6) is 0. The molecule has 1 aromatic rings. The van der Waals surface area contributed by atoms with Crippen molar-refractivity contribution in [3.8, 4) is 0 Å². The molecule has 0 aliphatic heterocycles. The first-order valence-corrected chi connectivity index (χ1v) is 5.08. The summed E-state index contributed by atoms with van der Waals surface area (Å²) in [5.41, 5.74) is 1.26. The van der Waals surface area contributed by atoms with E-state index in [-0.39, 0.29) is 4.87 Å². The van der Waals surface area contributed by atoms with Crippen LogP contribution in [0.4, 0.5) is 0 Å². The van der Waals surface area contributed by atoms with Crippen LogP contribution in [0.1, 0.15) is 19.4 Å². The Balaban J connectivity index is 2.83. The summed E-state index contributed by atoms with van der Waals surface area (Å²) in [7, 11) is 0. The maximum atomic E-state index is 6.12. The summed E-state index contributed by atoms with van der Waals surface area (Å²) in [6.07, 6.45) is 0.885. The summed E-state index contributed by atoms with van der Waals surface area (Å²) in [6.45, 7) is 4.04. The normalized spacial score (nSPS) is 11.7. The number of hydrogen-bond donors (Lipinski definition) is 0. The van der Waals surface area contributed by atoms with Gasteiger partial charge >= 0.3 is 0 Å². The molecule has 0 spiro atoms. The Labute approximate surface area is 87.1 Å². The van der Waals surface area contributed by atoms with E-state index >= 15 is 0 Å². The van der Waals surface area contributed by atoms with Crippen LogP contribution in [0.25, 0.3) is 0 Å². The van der Waals surface area contributed by atoms with Crippen molar-refractivity contribution in [1.82, 2.24) is 0 Å². The molecule has 0 heterocycles. The van der Waals surface area contributed by atoms with Gasteiger partial charge in [-0.3, -0.25) is 0 Å². The zero-order valence-electron chi connectivity index (χ0n) is 7.27. The lowest BCUT2D eigenvalue weighted by Gasteiger charge is -2.16. The van der Waals surface area contributed by atoms with E-state index in [1.54, 1.807) is 0 Å². The average molecular weight is 248 g/mol. The van der Waals surface area contributed by atoms with Crippen molar-refractivity contribution in [2.45, 2.75) is 25.1 Å². The molecule has 0 radical (unpaired) electrons. The Hall–Kier alpha value is -0.0100. The molecule has 0 atom stereocenters. The molecule has 0 unspecified atom stereocenters. The van der Waals surface area contributed by atoms with Crippen LogP contribution >= 0.6 is 27.5 Å². The molecular weight excluding hydrogens is 235 g/mol. The average Bonchev–Trinajstić information content (AvgIpc) is 1.91. The van der Waals surface area contributed by atoms with Gasteiger partial charge in [0.05, 0.1) is 0 Å². The Morgan fingerprint density at radius 1 is 1.33 bits per heavy atom. The van der Waals surface area contributed by atoms with Crippen LogP contribution < -0.4 is 0 Å². The second-order valence-corrected chi connectivity index (χ2v) is 5.36. The van der Waals surface area contributed by atoms with Gasteiger partial charge in [-0.05, 0) is 31.9 Å². The van der Waals surface area contributed by atoms with E-state index in [0.717, 1.165) is 10.9 Å². The molecule has 0 aromatic heterocycles. The number of halogens is 2. The fourth-order valence-electron chi connectivity index (χ4n) is 1.09. The fourth-order valence-corrected chi connectivity index (χ4v) is 1.66. The molecule has 66 valence electrons. The molecule has 1 aromatic carbocycles. The third-order valence-electron chi connectivity index (χ3n) is 1.57. The summed E-state index contributed by atoms with van der Waals surface area (Å²) >= 11 is 9.61. The molecule has 0 saturated carbocycles. The minimum Gasteiger partial charge on any atom is -0.120 e. The number of rotatable bonds is 2. The van der Waals surface area contributed by atoms with Gasteiger partial charge in [-0.15, -0.1) is 11.6 Å². The SMILES string of the molecule is CC(C)(Cl)Cc1ccccc1Br. The second-order valence-electron chi connectivity index (χ2n) is 3.49. The summed E-state index contributed by atoms with van der Waals surface area (Å²) in [6, 6.07) is 8.17. The van der Waals surface area contributed by atoms with E-state index in [0.29, 0.717) is 0 Å². The van der Waals surface area contributed by atoms with E-state index in [2.05, 4.69) is 22.0 Å². The smallest absolute Gasteiger partial charge is 0.0431 e. The van der Waals surface area contributed by atoms with Crippen LogP contribution in [-0.2, 0) is 6.42 Å². The van der Waals surface area contributed by atoms with E-state index < -0.39 is 0 Å². The van der Waals surface area contributed by atoms with Crippen molar-refractivity contribution < 1.29 is 0 Å². The van der Waals surface area contributed by atoms with Gasteiger partial charge in [0.1, 0.15) is 0 Å². The number of benzene rings is 1. The van der Waals surface area contributed by atoms with Crippen LogP contribution in [0.15, 0.2) is 28.7 Å². The highest BCUT2D eigenvalue weighted by atomic mass is 79.9. The first-order chi connectivity index (χ1) is 5.49. The Morgan fingerprint density at radius 3 is 2.42 bits per heavy atom. The first-order valence-electron chi connectivity index (χ1n) is 3.91. The fraction of sp³-hybridized carbons (Fsp3) is 0.400. The maximum Gasteiger partial charge on any atom is 0.0431 e. The Morgan fingerprint density at radius 2 is 1.92 bits per heavy atom. The molecule has 0 N–H and O–H groups in total. The van der Waals surface area contributed by atoms with Crippen molar-refractivity contribution in [3.63, 3.8) is 0 Å². The molecular formula is C10H12BrCl. The predicted octanol–water partition coefficient (Wildman–Crippen LogP) is 4.01. The van der Waals surface area contributed by atoms with Gasteiger partial charge in [0, 0.05) is 9.35 Å². The third-order valence-corrected chi connectivity index (χ3v) is 2.48. The molecule has 0 fully saturated rings. The highest BCUT2D eigenvalue weighted by Crippen LogP contribution is 2.24. The lowest BCUT2D eigenvalue weighted by molar-refractivity contribution is 0.692. The van der Waals surface area contributed by atoms with Gasteiger partial charge in [-0.1, -0.05) is 34.1 Å². The molecule has 0 amide bonds. The van der Waals surface area contributed by atoms with E-state index in [4.69, 9.17) is 11.6 Å². The topological polar surface area (TPSA) is 0 Å². The van der Waals surface area contributed by atoms with Gasteiger partial charge in [-0.2, -0.15) is 0 Å². The second kappa shape index (κ2) is 3.80. The molecule has 1 rings (SSSR count). The molecule has 0 aliphatic rings. The zero-order valence-corrected chi connectivity index (χ0v) is 9.61. The number of hydrogen-bond acceptors (Lipinski definition) is 0. The van der Waals surface area contributed by atoms with Gasteiger partial charge < -0.3 is 0 Å². The van der Waals surface area contributed by atoms with Crippen molar-refractivity contribution in [1.29, 1.82) is 0 Å². The van der Waals surface area contributed by atoms with Crippen LogP contribution in [0.5, 0.6) is 0 Å². The minimum absolute atomic E-state index is 0.163. The third kappa shape index (κ3) is 3.16. The van der Waals surface area contributed by atoms with Crippen molar-refractivity contribution >= 4 is 27.5 Å². The summed E-state index contributed by atoms with van der Waals surface area (Å²) in [4.78, 5) is -0.163. The van der Waals surface area contributed by atoms with E-state index in [1.165, 1.54) is 5.56 Å². The van der Waals surface area contributed by atoms with Crippen molar-refractivity contribution in [3.05, 3.63) is 34.3 Å². The van der Waals surface area contributed by atoms with E-state index in [1.807, 2.05) is 32.0 Å². The molecule has 0 saturated heterocycles. The van der Waals surface area contributed by atoms with Gasteiger partial charge in [-0.25, -0.2) is 0 Å². The zero-order chi connectivity index (χ0) is 9.19. The minimum atomic E-state index is -0.163. The molecule has 0 aliphatic carbocycles. The van der Waals surface area contributed by atoms with Gasteiger partial charge in [0.2, 0.25) is 0 Å². The van der Waals surface area contributed by atoms with Crippen LogP contribution in [-0.4, -0.2) is 4.87 Å². The van der Waals surface area contributed by atoms with Crippen molar-refractivity contribution in [2.24, 2.45) is 0 Å². The lowest BCUT2D eigenvalue weighted by atomic mass is 10.0. The Bertz CT molecular complexity index is 263. The molecule has 12 heavy (non-hydrogen) atoms. The highest BCUT2D eigenvalue weighted by molar-refractivity contribution is 9.10. The van der Waals surface area contributed by atoms with Gasteiger partial charge in [0.25, 0.3) is 0 Å². The standard InChI is InChI=1S/C10H12BrCl/c1-10(2,12)7-8-5-3-4-6-9(8)11/h3-6H,7H2,1-2H3. The maximum absolute atomic E-state index is 6.12. The predicted molar refractivity (Wildman–Crippen MR) is 57.8 cm³/mol. The van der Waals surface area contributed by atoms with Crippen molar-refractivity contribution in [2.75, 3.05) is 0 Å². The van der Waals surface area contributed by atoms with Crippen LogP contribution in [0, 0.1) is 0 Å². The van der Waals surface area contributed by atoms with Crippen LogP contribution in [0.3, 0.4) is 0 Å². The highest BCUT2D eigenvalue weighted by Gasteiger charge is 2.14.